The van der Waals surface area contributed by atoms with Crippen LogP contribution in [0.2, 0.25) is 0 Å². The lowest BCUT2D eigenvalue weighted by atomic mass is 10.0. The maximum Gasteiger partial charge on any atom is 0.218 e. The average Bonchev–Trinajstić information content (AvgIpc) is 2.46. The zero-order valence-electron chi connectivity index (χ0n) is 11.5. The van der Waals surface area contributed by atoms with Gasteiger partial charge in [0.05, 0.1) is 11.7 Å². The van der Waals surface area contributed by atoms with Gasteiger partial charge in [0.1, 0.15) is 0 Å². The molecular weight excluding hydrogens is 250 g/mol. The number of primary amides is 1. The lowest BCUT2D eigenvalue weighted by molar-refractivity contribution is -0.118. The number of amides is 1. The summed E-state index contributed by atoms with van der Waals surface area (Å²) in [6, 6.07) is 15.8. The third-order valence-corrected chi connectivity index (χ3v) is 3.07. The van der Waals surface area contributed by atoms with E-state index in [1.807, 2.05) is 55.5 Å². The van der Waals surface area contributed by atoms with Gasteiger partial charge in [0.25, 0.3) is 0 Å². The molecule has 1 aromatic heterocycles. The van der Waals surface area contributed by atoms with E-state index in [0.29, 0.717) is 6.42 Å². The number of hydrogen-bond donors (Lipinski definition) is 2. The molecular formula is C16H19N3O. The van der Waals surface area contributed by atoms with Crippen LogP contribution in [0.1, 0.15) is 30.6 Å². The number of nitrogens with two attached hydrogens (primary N) is 1. The summed E-state index contributed by atoms with van der Waals surface area (Å²) in [5.41, 5.74) is 7.29. The third kappa shape index (κ3) is 3.90. The number of carbonyl (C=O) groups is 1. The van der Waals surface area contributed by atoms with E-state index in [4.69, 9.17) is 5.73 Å². The van der Waals surface area contributed by atoms with Crippen LogP contribution in [0.3, 0.4) is 0 Å². The van der Waals surface area contributed by atoms with Crippen LogP contribution >= 0.6 is 0 Å². The van der Waals surface area contributed by atoms with E-state index in [2.05, 4.69) is 10.3 Å². The van der Waals surface area contributed by atoms with Crippen molar-refractivity contribution in [2.75, 3.05) is 0 Å². The summed E-state index contributed by atoms with van der Waals surface area (Å²) in [6.45, 7) is 1.95. The van der Waals surface area contributed by atoms with Crippen LogP contribution in [-0.4, -0.2) is 16.9 Å². The van der Waals surface area contributed by atoms with Crippen molar-refractivity contribution in [1.29, 1.82) is 0 Å². The van der Waals surface area contributed by atoms with E-state index < -0.39 is 0 Å². The molecule has 20 heavy (non-hydrogen) atoms. The second kappa shape index (κ2) is 6.82. The molecule has 0 spiro atoms. The number of nitrogens with one attached hydrogen (secondary N) is 1. The SMILES string of the molecule is CC(CC(N)=O)NC(c1ccccc1)c1ccccn1. The molecule has 0 aliphatic rings. The van der Waals surface area contributed by atoms with Crippen molar-refractivity contribution >= 4 is 5.91 Å². The van der Waals surface area contributed by atoms with Crippen LogP contribution in [0.4, 0.5) is 0 Å². The number of hydrogen-bond acceptors (Lipinski definition) is 3. The molecule has 2 unspecified atom stereocenters. The van der Waals surface area contributed by atoms with Gasteiger partial charge in [-0.05, 0) is 24.6 Å². The number of rotatable bonds is 6. The maximum atomic E-state index is 11.0. The molecule has 2 aromatic rings. The lowest BCUT2D eigenvalue weighted by Gasteiger charge is -2.22. The summed E-state index contributed by atoms with van der Waals surface area (Å²) in [5.74, 6) is -0.308. The molecule has 0 saturated carbocycles. The van der Waals surface area contributed by atoms with Gasteiger partial charge in [-0.25, -0.2) is 0 Å². The summed E-state index contributed by atoms with van der Waals surface area (Å²) in [7, 11) is 0. The fourth-order valence-corrected chi connectivity index (χ4v) is 2.19. The van der Waals surface area contributed by atoms with Crippen LogP contribution in [0, 0.1) is 0 Å². The summed E-state index contributed by atoms with van der Waals surface area (Å²) >= 11 is 0. The molecule has 4 heteroatoms. The number of carbonyl (C=O) groups excluding carboxylic acids is 1. The predicted molar refractivity (Wildman–Crippen MR) is 78.9 cm³/mol. The van der Waals surface area contributed by atoms with E-state index in [9.17, 15) is 4.79 Å². The van der Waals surface area contributed by atoms with E-state index in [0.717, 1.165) is 11.3 Å². The Labute approximate surface area is 119 Å². The predicted octanol–water partition coefficient (Wildman–Crippen LogP) is 2.02. The Morgan fingerprint density at radius 3 is 2.50 bits per heavy atom. The second-order valence-corrected chi connectivity index (χ2v) is 4.84. The van der Waals surface area contributed by atoms with Crippen molar-refractivity contribution in [3.05, 3.63) is 66.0 Å². The Morgan fingerprint density at radius 1 is 1.20 bits per heavy atom. The lowest BCUT2D eigenvalue weighted by Crippen LogP contribution is -2.35. The number of pyridine rings is 1. The van der Waals surface area contributed by atoms with E-state index in [-0.39, 0.29) is 18.0 Å². The van der Waals surface area contributed by atoms with Gasteiger partial charge in [0, 0.05) is 18.7 Å². The Kier molecular flexibility index (Phi) is 4.85. The first-order chi connectivity index (χ1) is 9.66. The highest BCUT2D eigenvalue weighted by molar-refractivity contribution is 5.74. The monoisotopic (exact) mass is 269 g/mol. The van der Waals surface area contributed by atoms with E-state index in [1.54, 1.807) is 6.20 Å². The molecule has 0 fully saturated rings. The largest absolute Gasteiger partial charge is 0.370 e. The van der Waals surface area contributed by atoms with Gasteiger partial charge >= 0.3 is 0 Å². The normalized spacial score (nSPS) is 13.7. The van der Waals surface area contributed by atoms with Gasteiger partial charge in [0.15, 0.2) is 0 Å². The summed E-state index contributed by atoms with van der Waals surface area (Å²) in [5, 5.41) is 3.42. The van der Waals surface area contributed by atoms with Gasteiger partial charge in [-0.2, -0.15) is 0 Å². The first kappa shape index (κ1) is 14.2. The Morgan fingerprint density at radius 2 is 1.90 bits per heavy atom. The average molecular weight is 269 g/mol. The fourth-order valence-electron chi connectivity index (χ4n) is 2.19. The van der Waals surface area contributed by atoms with Crippen molar-refractivity contribution in [2.24, 2.45) is 5.73 Å². The molecule has 0 aliphatic carbocycles. The van der Waals surface area contributed by atoms with Crippen LogP contribution in [0.15, 0.2) is 54.7 Å². The zero-order chi connectivity index (χ0) is 14.4. The molecule has 0 radical (unpaired) electrons. The molecule has 2 rings (SSSR count). The van der Waals surface area contributed by atoms with Crippen molar-refractivity contribution in [3.63, 3.8) is 0 Å². The van der Waals surface area contributed by atoms with Crippen molar-refractivity contribution in [2.45, 2.75) is 25.4 Å². The number of nitrogens with zero attached hydrogens (tertiary/aromatic N) is 1. The molecule has 0 saturated heterocycles. The summed E-state index contributed by atoms with van der Waals surface area (Å²) in [4.78, 5) is 15.4. The summed E-state index contributed by atoms with van der Waals surface area (Å²) in [6.07, 6.45) is 2.07. The molecule has 0 bridgehead atoms. The molecule has 104 valence electrons. The zero-order valence-corrected chi connectivity index (χ0v) is 11.5. The quantitative estimate of drug-likeness (QED) is 0.843. The highest BCUT2D eigenvalue weighted by Gasteiger charge is 2.18. The van der Waals surface area contributed by atoms with Crippen LogP contribution in [0.5, 0.6) is 0 Å². The molecule has 3 N–H and O–H groups in total. The smallest absolute Gasteiger partial charge is 0.218 e. The van der Waals surface area contributed by atoms with Gasteiger partial charge in [0.2, 0.25) is 5.91 Å². The van der Waals surface area contributed by atoms with Gasteiger partial charge in [-0.1, -0.05) is 36.4 Å². The van der Waals surface area contributed by atoms with Crippen molar-refractivity contribution < 1.29 is 4.79 Å². The highest BCUT2D eigenvalue weighted by atomic mass is 16.1. The van der Waals surface area contributed by atoms with Crippen molar-refractivity contribution in [1.82, 2.24) is 10.3 Å². The van der Waals surface area contributed by atoms with Gasteiger partial charge < -0.3 is 11.1 Å². The minimum absolute atomic E-state index is 0.0142. The van der Waals surface area contributed by atoms with Gasteiger partial charge in [-0.15, -0.1) is 0 Å². The van der Waals surface area contributed by atoms with E-state index >= 15 is 0 Å². The number of aromatic nitrogens is 1. The fraction of sp³-hybridized carbons (Fsp3) is 0.250. The van der Waals surface area contributed by atoms with Crippen molar-refractivity contribution in [3.8, 4) is 0 Å². The summed E-state index contributed by atoms with van der Waals surface area (Å²) < 4.78 is 0. The first-order valence-electron chi connectivity index (χ1n) is 6.67. The molecule has 4 nitrogen and oxygen atoms in total. The van der Waals surface area contributed by atoms with Crippen LogP contribution in [0.25, 0.3) is 0 Å². The van der Waals surface area contributed by atoms with Crippen LogP contribution < -0.4 is 11.1 Å². The maximum absolute atomic E-state index is 11.0. The Balaban J connectivity index is 2.24. The third-order valence-electron chi connectivity index (χ3n) is 3.07. The minimum atomic E-state index is -0.308. The van der Waals surface area contributed by atoms with Gasteiger partial charge in [-0.3, -0.25) is 9.78 Å². The standard InChI is InChI=1S/C16H19N3O/c1-12(11-15(17)20)19-16(13-7-3-2-4-8-13)14-9-5-6-10-18-14/h2-10,12,16,19H,11H2,1H3,(H2,17,20). The Bertz CT molecular complexity index is 503. The molecule has 0 aliphatic heterocycles. The second-order valence-electron chi connectivity index (χ2n) is 4.84. The van der Waals surface area contributed by atoms with E-state index in [1.165, 1.54) is 0 Å². The first-order valence-corrected chi connectivity index (χ1v) is 6.67. The number of benzene rings is 1. The topological polar surface area (TPSA) is 68.0 Å². The minimum Gasteiger partial charge on any atom is -0.370 e. The van der Waals surface area contributed by atoms with Crippen LogP contribution in [-0.2, 0) is 4.79 Å². The highest BCUT2D eigenvalue weighted by Crippen LogP contribution is 2.20. The Hall–Kier alpha value is -2.20. The molecule has 1 heterocycles. The molecule has 2 atom stereocenters. The molecule has 1 amide bonds. The molecule has 1 aromatic carbocycles.